The summed E-state index contributed by atoms with van der Waals surface area (Å²) in [6.45, 7) is 36.6. The third-order valence-electron chi connectivity index (χ3n) is 17.0. The van der Waals surface area contributed by atoms with Crippen molar-refractivity contribution in [1.29, 1.82) is 0 Å². The van der Waals surface area contributed by atoms with Crippen molar-refractivity contribution in [2.24, 2.45) is 0 Å². The van der Waals surface area contributed by atoms with E-state index in [0.717, 1.165) is 22.3 Å². The predicted octanol–water partition coefficient (Wildman–Crippen LogP) is 17.8. The van der Waals surface area contributed by atoms with Gasteiger partial charge in [0.1, 0.15) is 28.1 Å². The Hall–Kier alpha value is -6.74. The second-order valence-corrected chi connectivity index (χ2v) is 21.6. The van der Waals surface area contributed by atoms with Crippen LogP contribution in [0.4, 0.5) is 17.1 Å². The number of rotatable bonds is 6. The number of fused-ring (bicyclic) bond motifs is 16. The van der Waals surface area contributed by atoms with Gasteiger partial charge in [0, 0.05) is 62.9 Å². The summed E-state index contributed by atoms with van der Waals surface area (Å²) in [5.41, 5.74) is 28.0. The predicted molar refractivity (Wildman–Crippen MR) is 281 cm³/mol. The lowest BCUT2D eigenvalue weighted by atomic mass is 9.71. The quantitative estimate of drug-likeness (QED) is 0.120. The van der Waals surface area contributed by atoms with Crippen molar-refractivity contribution < 1.29 is 4.42 Å². The van der Waals surface area contributed by atoms with E-state index in [1.807, 2.05) is 12.2 Å². The largest absolute Gasteiger partial charge is 0.455 e. The van der Waals surface area contributed by atoms with E-state index in [1.165, 1.54) is 117 Å². The van der Waals surface area contributed by atoms with Gasteiger partial charge in [-0.2, -0.15) is 0 Å². The fraction of sp³-hybridized carbons (Fsp3) is 0.219. The molecule has 2 heterocycles. The van der Waals surface area contributed by atoms with Gasteiger partial charge in [0.25, 0.3) is 0 Å². The minimum Gasteiger partial charge on any atom is -0.455 e. The number of quaternary nitrogens is 1. The first-order valence-electron chi connectivity index (χ1n) is 23.7. The Morgan fingerprint density at radius 1 is 0.591 bits per heavy atom. The summed E-state index contributed by atoms with van der Waals surface area (Å²) < 4.78 is 7.62. The lowest BCUT2D eigenvalue weighted by Gasteiger charge is -2.57. The van der Waals surface area contributed by atoms with Crippen molar-refractivity contribution in [1.82, 2.24) is 4.48 Å². The Kier molecular flexibility index (Phi) is 8.02. The molecular formula is C64H58NO+. The van der Waals surface area contributed by atoms with Gasteiger partial charge in [0.15, 0.2) is 5.69 Å². The highest BCUT2D eigenvalue weighted by molar-refractivity contribution is 6.21. The number of hydrogen-bond donors (Lipinski definition) is 0. The van der Waals surface area contributed by atoms with Crippen molar-refractivity contribution in [3.05, 3.63) is 209 Å². The highest BCUT2D eigenvalue weighted by Gasteiger charge is 2.63. The van der Waals surface area contributed by atoms with E-state index in [0.29, 0.717) is 4.48 Å². The molecule has 8 aromatic rings. The topological polar surface area (TPSA) is 13.1 Å². The van der Waals surface area contributed by atoms with Crippen molar-refractivity contribution >= 4 is 50.1 Å². The number of benzene rings is 7. The van der Waals surface area contributed by atoms with E-state index in [9.17, 15) is 0 Å². The number of furan rings is 1. The van der Waals surface area contributed by atoms with Crippen LogP contribution < -0.4 is 4.48 Å². The molecule has 2 heteroatoms. The Labute approximate surface area is 390 Å². The third-order valence-corrected chi connectivity index (χ3v) is 17.0. The van der Waals surface area contributed by atoms with Gasteiger partial charge in [-0.3, -0.25) is 0 Å². The first-order valence-corrected chi connectivity index (χ1v) is 23.7. The van der Waals surface area contributed by atoms with Crippen LogP contribution in [0.1, 0.15) is 118 Å². The molecule has 12 rings (SSSR count). The van der Waals surface area contributed by atoms with Gasteiger partial charge in [0.2, 0.25) is 0 Å². The fourth-order valence-corrected chi connectivity index (χ4v) is 13.9. The molecular weight excluding hydrogens is 799 g/mol. The lowest BCUT2D eigenvalue weighted by molar-refractivity contribution is 0.221. The molecule has 0 N–H and O–H groups in total. The molecule has 0 radical (unpaired) electrons. The molecule has 7 aromatic carbocycles. The number of allylic oxidation sites excluding steroid dienone is 5. The molecule has 0 fully saturated rings. The number of hydrogen-bond acceptors (Lipinski definition) is 1. The summed E-state index contributed by atoms with van der Waals surface area (Å²) in [7, 11) is 0. The number of para-hydroxylation sites is 2. The van der Waals surface area contributed by atoms with E-state index in [-0.39, 0.29) is 21.8 Å². The molecule has 0 bridgehead atoms. The van der Waals surface area contributed by atoms with E-state index in [2.05, 4.69) is 210 Å². The van der Waals surface area contributed by atoms with Crippen molar-refractivity contribution in [3.8, 4) is 33.4 Å². The van der Waals surface area contributed by atoms with E-state index in [1.54, 1.807) is 0 Å². The molecule has 0 saturated heterocycles. The van der Waals surface area contributed by atoms with Gasteiger partial charge in [-0.1, -0.05) is 134 Å². The molecule has 4 aliphatic rings. The van der Waals surface area contributed by atoms with Crippen LogP contribution in [0, 0.1) is 6.92 Å². The molecule has 2 nitrogen and oxygen atoms in total. The molecule has 324 valence electrons. The average molecular weight is 857 g/mol. The highest BCUT2D eigenvalue weighted by Crippen LogP contribution is 2.68. The first kappa shape index (κ1) is 40.7. The second-order valence-electron chi connectivity index (χ2n) is 21.6. The smallest absolute Gasteiger partial charge is 0.153 e. The van der Waals surface area contributed by atoms with Crippen LogP contribution in [-0.2, 0) is 21.8 Å². The van der Waals surface area contributed by atoms with Gasteiger partial charge >= 0.3 is 0 Å². The molecule has 0 amide bonds. The molecule has 3 aliphatic carbocycles. The van der Waals surface area contributed by atoms with Crippen LogP contribution in [-0.4, -0.2) is 0 Å². The zero-order chi connectivity index (χ0) is 46.2. The monoisotopic (exact) mass is 856 g/mol. The minimum absolute atomic E-state index is 0.218. The molecule has 1 unspecified atom stereocenters. The van der Waals surface area contributed by atoms with Crippen molar-refractivity contribution in [2.45, 2.75) is 91.0 Å². The van der Waals surface area contributed by atoms with Gasteiger partial charge in [0.05, 0.1) is 5.56 Å². The molecule has 1 aliphatic heterocycles. The fourth-order valence-electron chi connectivity index (χ4n) is 13.9. The SMILES string of the molecule is C=C/C=C(\C)c1c(C)c(C(=C)C=C)cc2c1-c1ccc([N+]3(c4ccc5c(c4)C(C)(C)c4c6c(c7oc8ccccc8c7c4-5)-c4ccccc4C6(C)C)c4ccccc4C3(C)C)cc1C2(C)C. The van der Waals surface area contributed by atoms with Crippen LogP contribution in [0.25, 0.3) is 66.5 Å². The molecule has 1 aromatic heterocycles. The maximum Gasteiger partial charge on any atom is 0.153 e. The number of nitrogens with zero attached hydrogens (tertiary/aromatic N) is 1. The zero-order valence-corrected chi connectivity index (χ0v) is 40.2. The van der Waals surface area contributed by atoms with E-state index in [4.69, 9.17) is 4.42 Å². The van der Waals surface area contributed by atoms with Crippen LogP contribution in [0.3, 0.4) is 0 Å². The Bertz CT molecular complexity index is 3610. The summed E-state index contributed by atoms with van der Waals surface area (Å²) in [6, 6.07) is 44.1. The Balaban J connectivity index is 1.12. The van der Waals surface area contributed by atoms with Gasteiger partial charge in [-0.25, -0.2) is 4.48 Å². The normalized spacial score (nSPS) is 19.3. The van der Waals surface area contributed by atoms with Gasteiger partial charge < -0.3 is 4.42 Å². The van der Waals surface area contributed by atoms with Crippen LogP contribution in [0.15, 0.2) is 158 Å². The standard InChI is InChI=1S/C64H58NO/c1-14-22-37(4)53-38(5)45(36(3)15-2)35-50-54(53)42-31-29-39(33-48(42)61(50,6)7)65(51-27-20-19-26-47(51)64(65,12)13)40-30-32-43-49(34-40)63(10,11)58-55(43)56-44-24-17-21-28-52(44)66-60(56)57-41-23-16-18-25-46(41)62(8,9)59(57)58/h14-35H,1-3H2,4-13H3/q+1/b37-22+. The summed E-state index contributed by atoms with van der Waals surface area (Å²) >= 11 is 0. The maximum absolute atomic E-state index is 7.00. The second kappa shape index (κ2) is 13.0. The molecule has 0 saturated carbocycles. The summed E-state index contributed by atoms with van der Waals surface area (Å²) in [5, 5.41) is 2.41. The maximum atomic E-state index is 7.00. The van der Waals surface area contributed by atoms with E-state index < -0.39 is 0 Å². The lowest BCUT2D eigenvalue weighted by Crippen LogP contribution is -2.61. The van der Waals surface area contributed by atoms with Crippen LogP contribution in [0.5, 0.6) is 0 Å². The third kappa shape index (κ3) is 4.61. The highest BCUT2D eigenvalue weighted by atomic mass is 16.3. The zero-order valence-electron chi connectivity index (χ0n) is 40.2. The summed E-state index contributed by atoms with van der Waals surface area (Å²) in [5.74, 6) is 0. The Morgan fingerprint density at radius 3 is 1.86 bits per heavy atom. The van der Waals surface area contributed by atoms with Crippen molar-refractivity contribution in [2.75, 3.05) is 0 Å². The van der Waals surface area contributed by atoms with Crippen molar-refractivity contribution in [3.63, 3.8) is 0 Å². The van der Waals surface area contributed by atoms with Crippen LogP contribution >= 0.6 is 0 Å². The Morgan fingerprint density at radius 2 is 1.17 bits per heavy atom. The van der Waals surface area contributed by atoms with E-state index >= 15 is 0 Å². The molecule has 66 heavy (non-hydrogen) atoms. The molecule has 1 atom stereocenters. The van der Waals surface area contributed by atoms with Crippen LogP contribution in [0.2, 0.25) is 0 Å². The first-order chi connectivity index (χ1) is 31.4. The summed E-state index contributed by atoms with van der Waals surface area (Å²) in [6.07, 6.45) is 5.93. The minimum atomic E-state index is -0.311. The average Bonchev–Trinajstić information content (AvgIpc) is 3.94. The summed E-state index contributed by atoms with van der Waals surface area (Å²) in [4.78, 5) is 0. The molecule has 0 spiro atoms. The van der Waals surface area contributed by atoms with Gasteiger partial charge in [-0.05, 0) is 147 Å². The van der Waals surface area contributed by atoms with Gasteiger partial charge in [-0.15, -0.1) is 0 Å².